The Labute approximate surface area is 115 Å². The molecule has 0 amide bonds. The summed E-state index contributed by atoms with van der Waals surface area (Å²) in [4.78, 5) is 2.38. The molecule has 94 valence electrons. The number of anilines is 2. The van der Waals surface area contributed by atoms with Gasteiger partial charge in [0.1, 0.15) is 5.00 Å². The summed E-state index contributed by atoms with van der Waals surface area (Å²) in [5.41, 5.74) is 10.5. The first-order valence-corrected chi connectivity index (χ1v) is 7.05. The van der Waals surface area contributed by atoms with E-state index >= 15 is 0 Å². The van der Waals surface area contributed by atoms with Crippen LogP contribution in [-0.2, 0) is 13.1 Å². The molecule has 2 heterocycles. The predicted octanol–water partition coefficient (Wildman–Crippen LogP) is 3.40. The van der Waals surface area contributed by atoms with Crippen molar-refractivity contribution in [2.24, 2.45) is 0 Å². The standard InChI is InChI=1S/C15H13N3S/c16-12-6-5-10-8-18(9-11(10)7-12)15-13-3-1-2-4-14(13)17-19-15/h1-7H,8-9,16H2. The lowest BCUT2D eigenvalue weighted by atomic mass is 10.1. The van der Waals surface area contributed by atoms with E-state index in [-0.39, 0.29) is 0 Å². The first kappa shape index (κ1) is 10.8. The molecule has 0 aliphatic carbocycles. The molecule has 0 radical (unpaired) electrons. The predicted molar refractivity (Wildman–Crippen MR) is 80.4 cm³/mol. The zero-order valence-corrected chi connectivity index (χ0v) is 11.2. The van der Waals surface area contributed by atoms with Crippen LogP contribution >= 0.6 is 11.5 Å². The van der Waals surface area contributed by atoms with Gasteiger partial charge in [-0.25, -0.2) is 0 Å². The fourth-order valence-corrected chi connectivity index (χ4v) is 3.52. The molecule has 0 fully saturated rings. The Morgan fingerprint density at radius 1 is 1.05 bits per heavy atom. The Kier molecular flexibility index (Phi) is 2.26. The van der Waals surface area contributed by atoms with Crippen molar-refractivity contribution >= 4 is 33.1 Å². The lowest BCUT2D eigenvalue weighted by molar-refractivity contribution is 0.896. The molecule has 1 aromatic heterocycles. The number of aromatic nitrogens is 1. The van der Waals surface area contributed by atoms with Gasteiger partial charge >= 0.3 is 0 Å². The Bertz CT molecular complexity index is 763. The van der Waals surface area contributed by atoms with Crippen molar-refractivity contribution in [2.75, 3.05) is 10.6 Å². The number of hydrogen-bond donors (Lipinski definition) is 1. The minimum absolute atomic E-state index is 0.842. The van der Waals surface area contributed by atoms with Crippen molar-refractivity contribution in [3.05, 3.63) is 53.6 Å². The van der Waals surface area contributed by atoms with Gasteiger partial charge in [0.05, 0.1) is 5.52 Å². The van der Waals surface area contributed by atoms with Gasteiger partial charge in [0.15, 0.2) is 0 Å². The van der Waals surface area contributed by atoms with E-state index in [4.69, 9.17) is 5.73 Å². The number of fused-ring (bicyclic) bond motifs is 2. The van der Waals surface area contributed by atoms with Crippen LogP contribution in [0.5, 0.6) is 0 Å². The Hall–Kier alpha value is -2.07. The molecule has 4 heteroatoms. The van der Waals surface area contributed by atoms with Gasteiger partial charge in [-0.1, -0.05) is 18.2 Å². The summed E-state index contributed by atoms with van der Waals surface area (Å²) < 4.78 is 4.52. The van der Waals surface area contributed by atoms with Crippen LogP contribution in [0.25, 0.3) is 10.9 Å². The van der Waals surface area contributed by atoms with Gasteiger partial charge in [-0.05, 0) is 46.9 Å². The summed E-state index contributed by atoms with van der Waals surface area (Å²) in [5.74, 6) is 0. The van der Waals surface area contributed by atoms with Crippen LogP contribution in [-0.4, -0.2) is 4.37 Å². The number of nitrogens with two attached hydrogens (primary N) is 1. The van der Waals surface area contributed by atoms with Crippen molar-refractivity contribution in [3.8, 4) is 0 Å². The van der Waals surface area contributed by atoms with Crippen molar-refractivity contribution in [1.82, 2.24) is 4.37 Å². The number of nitrogen functional groups attached to an aromatic ring is 1. The highest BCUT2D eigenvalue weighted by molar-refractivity contribution is 7.11. The maximum atomic E-state index is 5.86. The number of rotatable bonds is 1. The minimum atomic E-state index is 0.842. The molecule has 0 bridgehead atoms. The molecule has 0 unspecified atom stereocenters. The fourth-order valence-electron chi connectivity index (χ4n) is 2.66. The lowest BCUT2D eigenvalue weighted by Crippen LogP contribution is -2.12. The molecule has 1 aliphatic heterocycles. The van der Waals surface area contributed by atoms with E-state index in [1.807, 2.05) is 12.1 Å². The van der Waals surface area contributed by atoms with Crippen LogP contribution < -0.4 is 10.6 Å². The second kappa shape index (κ2) is 3.96. The maximum absolute atomic E-state index is 5.86. The fraction of sp³-hybridized carbons (Fsp3) is 0.133. The van der Waals surface area contributed by atoms with Gasteiger partial charge in [0.25, 0.3) is 0 Å². The topological polar surface area (TPSA) is 42.1 Å². The van der Waals surface area contributed by atoms with Gasteiger partial charge in [-0.15, -0.1) is 0 Å². The zero-order chi connectivity index (χ0) is 12.8. The smallest absolute Gasteiger partial charge is 0.120 e. The van der Waals surface area contributed by atoms with Crippen molar-refractivity contribution in [1.29, 1.82) is 0 Å². The van der Waals surface area contributed by atoms with Gasteiger partial charge in [0, 0.05) is 24.2 Å². The molecule has 0 spiro atoms. The second-order valence-corrected chi connectivity index (χ2v) is 5.64. The van der Waals surface area contributed by atoms with E-state index < -0.39 is 0 Å². The molecule has 2 N–H and O–H groups in total. The molecule has 0 saturated heterocycles. The van der Waals surface area contributed by atoms with Crippen LogP contribution in [0.15, 0.2) is 42.5 Å². The van der Waals surface area contributed by atoms with Crippen LogP contribution in [0.3, 0.4) is 0 Å². The van der Waals surface area contributed by atoms with Crippen LogP contribution in [0.2, 0.25) is 0 Å². The van der Waals surface area contributed by atoms with Gasteiger partial charge in [-0.3, -0.25) is 0 Å². The SMILES string of the molecule is Nc1ccc2c(c1)CN(c1snc3ccccc13)C2. The molecule has 19 heavy (non-hydrogen) atoms. The molecule has 0 atom stereocenters. The first-order valence-electron chi connectivity index (χ1n) is 6.28. The number of benzene rings is 2. The van der Waals surface area contributed by atoms with Crippen LogP contribution in [0.4, 0.5) is 10.7 Å². The molecule has 0 saturated carbocycles. The highest BCUT2D eigenvalue weighted by Crippen LogP contribution is 2.36. The third-order valence-corrected chi connectivity index (χ3v) is 4.54. The summed E-state index contributed by atoms with van der Waals surface area (Å²) in [5, 5.41) is 2.50. The van der Waals surface area contributed by atoms with Crippen LogP contribution in [0, 0.1) is 0 Å². The summed E-state index contributed by atoms with van der Waals surface area (Å²) in [7, 11) is 0. The lowest BCUT2D eigenvalue weighted by Gasteiger charge is -2.14. The van der Waals surface area contributed by atoms with Crippen molar-refractivity contribution in [2.45, 2.75) is 13.1 Å². The Morgan fingerprint density at radius 3 is 2.84 bits per heavy atom. The highest BCUT2D eigenvalue weighted by atomic mass is 32.1. The number of hydrogen-bond acceptors (Lipinski definition) is 4. The molecule has 4 rings (SSSR count). The molecule has 2 aromatic carbocycles. The second-order valence-electron chi connectivity index (χ2n) is 4.89. The van der Waals surface area contributed by atoms with Crippen LogP contribution in [0.1, 0.15) is 11.1 Å². The van der Waals surface area contributed by atoms with E-state index in [1.54, 1.807) is 11.5 Å². The molecular weight excluding hydrogens is 254 g/mol. The zero-order valence-electron chi connectivity index (χ0n) is 10.3. The van der Waals surface area contributed by atoms with Gasteiger partial charge in [0.2, 0.25) is 0 Å². The highest BCUT2D eigenvalue weighted by Gasteiger charge is 2.22. The minimum Gasteiger partial charge on any atom is -0.399 e. The normalized spacial score (nSPS) is 14.0. The first-order chi connectivity index (χ1) is 9.31. The van der Waals surface area contributed by atoms with E-state index in [1.165, 1.54) is 21.5 Å². The monoisotopic (exact) mass is 267 g/mol. The summed E-state index contributed by atoms with van der Waals surface area (Å²) in [6, 6.07) is 14.5. The Morgan fingerprint density at radius 2 is 1.89 bits per heavy atom. The largest absolute Gasteiger partial charge is 0.399 e. The molecular formula is C15H13N3S. The quantitative estimate of drug-likeness (QED) is 0.687. The third-order valence-electron chi connectivity index (χ3n) is 3.60. The third kappa shape index (κ3) is 1.68. The van der Waals surface area contributed by atoms with E-state index in [9.17, 15) is 0 Å². The van der Waals surface area contributed by atoms with Gasteiger partial charge < -0.3 is 10.6 Å². The van der Waals surface area contributed by atoms with E-state index in [2.05, 4.69) is 39.6 Å². The molecule has 3 aromatic rings. The average molecular weight is 267 g/mol. The van der Waals surface area contributed by atoms with E-state index in [0.29, 0.717) is 0 Å². The summed E-state index contributed by atoms with van der Waals surface area (Å²) in [6.07, 6.45) is 0. The molecule has 1 aliphatic rings. The number of nitrogens with zero attached hydrogens (tertiary/aromatic N) is 2. The maximum Gasteiger partial charge on any atom is 0.120 e. The average Bonchev–Trinajstić information content (AvgIpc) is 3.00. The Balaban J connectivity index is 1.76. The van der Waals surface area contributed by atoms with Crippen molar-refractivity contribution < 1.29 is 0 Å². The summed E-state index contributed by atoms with van der Waals surface area (Å²) >= 11 is 1.58. The van der Waals surface area contributed by atoms with E-state index in [0.717, 1.165) is 24.3 Å². The van der Waals surface area contributed by atoms with Gasteiger partial charge in [-0.2, -0.15) is 4.37 Å². The molecule has 3 nitrogen and oxygen atoms in total. The van der Waals surface area contributed by atoms with Crippen molar-refractivity contribution in [3.63, 3.8) is 0 Å². The summed E-state index contributed by atoms with van der Waals surface area (Å²) in [6.45, 7) is 1.87.